The van der Waals surface area contributed by atoms with Crippen molar-refractivity contribution in [2.24, 2.45) is 0 Å². The minimum absolute atomic E-state index is 0.195. The van der Waals surface area contributed by atoms with Crippen molar-refractivity contribution in [1.29, 1.82) is 0 Å². The highest BCUT2D eigenvalue weighted by atomic mass is 16.7. The summed E-state index contributed by atoms with van der Waals surface area (Å²) in [5.41, 5.74) is 0. The molecule has 0 spiro atoms. The lowest BCUT2D eigenvalue weighted by Gasteiger charge is -2.46. The standard InChI is InChI=1S/C84H163NO13/c1-3-5-7-9-11-13-15-17-19-21-23-25-27-29-31-33-34-35-36-37-38-40-42-44-46-48-50-52-54-56-58-60-62-64-66-68-76(89)85-72(71-95-83-81(94)79(92)82(75(70-87)97-83)98-84-80(93)78(91)77(90)74(69-86)96-84)73(88)67-65-63-61-59-57-55-53-51-49-47-45-43-41-39-32-30-28-26-24-22-20-18-16-14-12-10-8-6-4-2/h21,23,72-75,77-84,86-88,90-94H,3-20,22,24-71H2,1-2H3,(H,85,89)/b23-21-. The van der Waals surface area contributed by atoms with Gasteiger partial charge in [0.2, 0.25) is 5.91 Å². The number of hydrogen-bond donors (Lipinski definition) is 9. The first kappa shape index (κ1) is 92.8. The van der Waals surface area contributed by atoms with Gasteiger partial charge in [0.15, 0.2) is 12.6 Å². The zero-order valence-electron chi connectivity index (χ0n) is 64.1. The molecule has 9 N–H and O–H groups in total. The molecule has 98 heavy (non-hydrogen) atoms. The van der Waals surface area contributed by atoms with E-state index in [2.05, 4.69) is 31.3 Å². The first-order valence-corrected chi connectivity index (χ1v) is 42.9. The number of hydrogen-bond acceptors (Lipinski definition) is 13. The Hall–Kier alpha value is -1.27. The van der Waals surface area contributed by atoms with Gasteiger partial charge in [0, 0.05) is 6.42 Å². The Morgan fingerprint density at radius 1 is 0.357 bits per heavy atom. The molecule has 0 aliphatic carbocycles. The van der Waals surface area contributed by atoms with Gasteiger partial charge in [-0.2, -0.15) is 0 Å². The van der Waals surface area contributed by atoms with E-state index in [1.807, 2.05) is 0 Å². The van der Waals surface area contributed by atoms with E-state index in [0.717, 1.165) is 51.4 Å². The summed E-state index contributed by atoms with van der Waals surface area (Å²) >= 11 is 0. The van der Waals surface area contributed by atoms with Gasteiger partial charge < -0.3 is 65.1 Å². The van der Waals surface area contributed by atoms with Crippen molar-refractivity contribution in [2.45, 2.75) is 498 Å². The normalized spacial score (nSPS) is 22.0. The van der Waals surface area contributed by atoms with Crippen molar-refractivity contribution in [1.82, 2.24) is 5.32 Å². The second-order valence-electron chi connectivity index (χ2n) is 30.7. The molecular weight excluding hydrogens is 1230 g/mol. The molecule has 2 rings (SSSR count). The third-order valence-corrected chi connectivity index (χ3v) is 21.5. The monoisotopic (exact) mass is 1390 g/mol. The number of nitrogens with one attached hydrogen (secondary N) is 1. The Kier molecular flexibility index (Phi) is 65.2. The van der Waals surface area contributed by atoms with Gasteiger partial charge in [0.1, 0.15) is 48.8 Å². The fraction of sp³-hybridized carbons (Fsp3) is 0.964. The van der Waals surface area contributed by atoms with Crippen LogP contribution in [0.2, 0.25) is 0 Å². The maximum atomic E-state index is 13.4. The SMILES string of the molecule is CCCCCCCCCC/C=C\CCCCCCCCCCCCCCCCCCCCCCCCCC(=O)NC(COC1OC(CO)C(OC2OC(CO)C(O)C(O)C2O)C(O)C1O)C(O)CCCCCCCCCCCCCCCCCCCCCCCCCCCCCCC. The molecule has 0 bridgehead atoms. The summed E-state index contributed by atoms with van der Waals surface area (Å²) in [6, 6.07) is -0.827. The molecule has 0 saturated carbocycles. The molecule has 0 radical (unpaired) electrons. The molecule has 582 valence electrons. The summed E-state index contributed by atoms with van der Waals surface area (Å²) in [4.78, 5) is 13.4. The van der Waals surface area contributed by atoms with E-state index in [0.29, 0.717) is 12.8 Å². The number of aliphatic hydroxyl groups excluding tert-OH is 8. The molecule has 2 aliphatic heterocycles. The summed E-state index contributed by atoms with van der Waals surface area (Å²) in [6.45, 7) is 2.95. The minimum Gasteiger partial charge on any atom is -0.394 e. The topological polar surface area (TPSA) is 228 Å². The van der Waals surface area contributed by atoms with Crippen LogP contribution in [0.3, 0.4) is 0 Å². The van der Waals surface area contributed by atoms with E-state index in [9.17, 15) is 45.6 Å². The van der Waals surface area contributed by atoms with Gasteiger partial charge in [-0.1, -0.05) is 392 Å². The van der Waals surface area contributed by atoms with Gasteiger partial charge in [0.25, 0.3) is 0 Å². The van der Waals surface area contributed by atoms with E-state index in [1.54, 1.807) is 0 Å². The van der Waals surface area contributed by atoms with E-state index >= 15 is 0 Å². The molecule has 12 atom stereocenters. The fourth-order valence-electron chi connectivity index (χ4n) is 14.7. The molecule has 0 aromatic rings. The number of aliphatic hydroxyl groups is 8. The maximum Gasteiger partial charge on any atom is 0.220 e. The van der Waals surface area contributed by atoms with Crippen LogP contribution in [0.4, 0.5) is 0 Å². The molecule has 2 heterocycles. The highest BCUT2D eigenvalue weighted by molar-refractivity contribution is 5.76. The molecule has 12 unspecified atom stereocenters. The van der Waals surface area contributed by atoms with Crippen molar-refractivity contribution in [3.05, 3.63) is 12.2 Å². The smallest absolute Gasteiger partial charge is 0.220 e. The predicted octanol–water partition coefficient (Wildman–Crippen LogP) is 20.0. The van der Waals surface area contributed by atoms with Gasteiger partial charge in [-0.3, -0.25) is 4.79 Å². The van der Waals surface area contributed by atoms with Crippen LogP contribution in [0.1, 0.15) is 425 Å². The van der Waals surface area contributed by atoms with Crippen LogP contribution >= 0.6 is 0 Å². The van der Waals surface area contributed by atoms with E-state index in [4.69, 9.17) is 18.9 Å². The fourth-order valence-corrected chi connectivity index (χ4v) is 14.7. The maximum absolute atomic E-state index is 13.4. The van der Waals surface area contributed by atoms with Crippen LogP contribution in [0.25, 0.3) is 0 Å². The van der Waals surface area contributed by atoms with Crippen LogP contribution in [-0.4, -0.2) is 140 Å². The van der Waals surface area contributed by atoms with Crippen LogP contribution in [0.5, 0.6) is 0 Å². The van der Waals surface area contributed by atoms with Gasteiger partial charge in [-0.15, -0.1) is 0 Å². The van der Waals surface area contributed by atoms with Crippen molar-refractivity contribution < 1.29 is 64.6 Å². The Labute approximate surface area is 603 Å². The van der Waals surface area contributed by atoms with Crippen molar-refractivity contribution in [3.63, 3.8) is 0 Å². The number of allylic oxidation sites excluding steroid dienone is 2. The summed E-state index contributed by atoms with van der Waals surface area (Å²) < 4.78 is 23.0. The number of amides is 1. The number of carbonyl (C=O) groups is 1. The van der Waals surface area contributed by atoms with Gasteiger partial charge in [0.05, 0.1) is 32.0 Å². The molecule has 0 aromatic heterocycles. The van der Waals surface area contributed by atoms with Crippen LogP contribution in [-0.2, 0) is 23.7 Å². The third-order valence-electron chi connectivity index (χ3n) is 21.5. The van der Waals surface area contributed by atoms with E-state index in [1.165, 1.54) is 347 Å². The summed E-state index contributed by atoms with van der Waals surface area (Å²) in [6.07, 6.45) is 71.3. The average molecular weight is 1400 g/mol. The number of unbranched alkanes of at least 4 members (excludes halogenated alkanes) is 59. The Morgan fingerprint density at radius 2 is 0.643 bits per heavy atom. The lowest BCUT2D eigenvalue weighted by atomic mass is 9.97. The second kappa shape index (κ2) is 68.8. The molecule has 14 nitrogen and oxygen atoms in total. The zero-order valence-corrected chi connectivity index (χ0v) is 64.1. The van der Waals surface area contributed by atoms with Gasteiger partial charge in [-0.05, 0) is 38.5 Å². The summed E-state index contributed by atoms with van der Waals surface area (Å²) in [5, 5.41) is 88.0. The Balaban J connectivity index is 1.57. The largest absolute Gasteiger partial charge is 0.394 e. The van der Waals surface area contributed by atoms with Gasteiger partial charge in [-0.25, -0.2) is 0 Å². The van der Waals surface area contributed by atoms with E-state index < -0.39 is 86.8 Å². The van der Waals surface area contributed by atoms with Gasteiger partial charge >= 0.3 is 0 Å². The van der Waals surface area contributed by atoms with Crippen molar-refractivity contribution in [2.75, 3.05) is 19.8 Å². The lowest BCUT2D eigenvalue weighted by Crippen LogP contribution is -2.65. The van der Waals surface area contributed by atoms with Crippen molar-refractivity contribution >= 4 is 5.91 Å². The molecule has 14 heteroatoms. The average Bonchev–Trinajstić information content (AvgIpc) is 0.797. The quantitative estimate of drug-likeness (QED) is 0.0204. The first-order chi connectivity index (χ1) is 48.1. The zero-order chi connectivity index (χ0) is 70.8. The second-order valence-corrected chi connectivity index (χ2v) is 30.7. The number of carbonyl (C=O) groups excluding carboxylic acids is 1. The highest BCUT2D eigenvalue weighted by Gasteiger charge is 2.51. The number of rotatable bonds is 74. The number of ether oxygens (including phenoxy) is 4. The molecular formula is C84H163NO13. The van der Waals surface area contributed by atoms with Crippen LogP contribution in [0, 0.1) is 0 Å². The predicted molar refractivity (Wildman–Crippen MR) is 406 cm³/mol. The van der Waals surface area contributed by atoms with Crippen molar-refractivity contribution in [3.8, 4) is 0 Å². The Bertz CT molecular complexity index is 1690. The summed E-state index contributed by atoms with van der Waals surface area (Å²) in [7, 11) is 0. The third kappa shape index (κ3) is 51.0. The molecule has 2 fully saturated rings. The lowest BCUT2D eigenvalue weighted by molar-refractivity contribution is -0.359. The van der Waals surface area contributed by atoms with Crippen LogP contribution < -0.4 is 5.32 Å². The molecule has 0 aromatic carbocycles. The molecule has 2 saturated heterocycles. The van der Waals surface area contributed by atoms with Crippen LogP contribution in [0.15, 0.2) is 12.2 Å². The Morgan fingerprint density at radius 3 is 0.969 bits per heavy atom. The highest BCUT2D eigenvalue weighted by Crippen LogP contribution is 2.31. The summed E-state index contributed by atoms with van der Waals surface area (Å²) in [5.74, 6) is -0.195. The molecule has 2 aliphatic rings. The minimum atomic E-state index is -1.78. The van der Waals surface area contributed by atoms with E-state index in [-0.39, 0.29) is 12.5 Å². The molecule has 1 amide bonds. The first-order valence-electron chi connectivity index (χ1n) is 42.9.